The van der Waals surface area contributed by atoms with Gasteiger partial charge in [-0.1, -0.05) is 12.1 Å². The second kappa shape index (κ2) is 7.22. The highest BCUT2D eigenvalue weighted by atomic mass is 16.2. The Morgan fingerprint density at radius 3 is 2.93 bits per heavy atom. The van der Waals surface area contributed by atoms with Crippen molar-refractivity contribution < 1.29 is 4.79 Å². The van der Waals surface area contributed by atoms with Gasteiger partial charge in [-0.15, -0.1) is 0 Å². The van der Waals surface area contributed by atoms with Crippen LogP contribution in [-0.4, -0.2) is 48.6 Å². The smallest absolute Gasteiger partial charge is 0.321 e. The van der Waals surface area contributed by atoms with E-state index in [1.165, 1.54) is 6.33 Å². The van der Waals surface area contributed by atoms with Gasteiger partial charge >= 0.3 is 6.03 Å². The summed E-state index contributed by atoms with van der Waals surface area (Å²) in [6.45, 7) is 6.08. The van der Waals surface area contributed by atoms with Gasteiger partial charge in [0.05, 0.1) is 18.3 Å². The van der Waals surface area contributed by atoms with E-state index in [1.54, 1.807) is 11.0 Å². The van der Waals surface area contributed by atoms with Gasteiger partial charge in [0.2, 0.25) is 0 Å². The highest BCUT2D eigenvalue weighted by Crippen LogP contribution is 2.24. The third-order valence-electron chi connectivity index (χ3n) is 4.83. The molecule has 0 spiro atoms. The lowest BCUT2D eigenvalue weighted by atomic mass is 10.2. The Kier molecular flexibility index (Phi) is 4.62. The zero-order valence-electron chi connectivity index (χ0n) is 15.5. The molecule has 2 amide bonds. The third kappa shape index (κ3) is 3.84. The van der Waals surface area contributed by atoms with Gasteiger partial charge in [0.25, 0.3) is 0 Å². The molecule has 0 saturated carbocycles. The molecule has 0 aliphatic carbocycles. The summed E-state index contributed by atoms with van der Waals surface area (Å²) < 4.78 is 3.79. The number of hydrogen-bond acceptors (Lipinski definition) is 4. The van der Waals surface area contributed by atoms with Gasteiger partial charge in [-0.3, -0.25) is 4.68 Å². The summed E-state index contributed by atoms with van der Waals surface area (Å²) in [4.78, 5) is 18.5. The first-order valence-corrected chi connectivity index (χ1v) is 9.08. The van der Waals surface area contributed by atoms with Crippen LogP contribution in [0.25, 0.3) is 0 Å². The quantitative estimate of drug-likeness (QED) is 0.771. The van der Waals surface area contributed by atoms with E-state index in [9.17, 15) is 4.79 Å². The number of carbonyl (C=O) groups is 1. The number of nitrogens with one attached hydrogen (secondary N) is 1. The van der Waals surface area contributed by atoms with Crippen LogP contribution in [0.5, 0.6) is 0 Å². The number of anilines is 1. The van der Waals surface area contributed by atoms with Crippen molar-refractivity contribution in [1.82, 2.24) is 29.4 Å². The molecule has 1 N–H and O–H groups in total. The summed E-state index contributed by atoms with van der Waals surface area (Å²) >= 11 is 0. The van der Waals surface area contributed by atoms with Crippen LogP contribution in [-0.2, 0) is 6.54 Å². The minimum atomic E-state index is -0.0723. The van der Waals surface area contributed by atoms with E-state index >= 15 is 0 Å². The molecule has 1 aliphatic heterocycles. The molecule has 0 radical (unpaired) electrons. The van der Waals surface area contributed by atoms with E-state index in [4.69, 9.17) is 0 Å². The number of aromatic nitrogens is 5. The number of aryl methyl sites for hydroxylation is 2. The van der Waals surface area contributed by atoms with Crippen LogP contribution in [0.2, 0.25) is 0 Å². The third-order valence-corrected chi connectivity index (χ3v) is 4.83. The first kappa shape index (κ1) is 17.3. The van der Waals surface area contributed by atoms with E-state index in [-0.39, 0.29) is 12.1 Å². The van der Waals surface area contributed by atoms with E-state index in [1.807, 2.05) is 40.8 Å². The average molecular weight is 365 g/mol. The lowest BCUT2D eigenvalue weighted by molar-refractivity contribution is 0.220. The fourth-order valence-corrected chi connectivity index (χ4v) is 3.59. The topological polar surface area (TPSA) is 80.9 Å². The first-order valence-electron chi connectivity index (χ1n) is 9.08. The molecule has 27 heavy (non-hydrogen) atoms. The van der Waals surface area contributed by atoms with E-state index in [0.29, 0.717) is 13.1 Å². The summed E-state index contributed by atoms with van der Waals surface area (Å²) in [7, 11) is 0. The maximum absolute atomic E-state index is 12.7. The fraction of sp³-hybridized carbons (Fsp3) is 0.368. The van der Waals surface area contributed by atoms with Crippen LogP contribution in [0.1, 0.15) is 29.4 Å². The van der Waals surface area contributed by atoms with Crippen molar-refractivity contribution in [3.8, 4) is 0 Å². The number of amides is 2. The second-order valence-electron chi connectivity index (χ2n) is 6.98. The van der Waals surface area contributed by atoms with Crippen molar-refractivity contribution in [3.05, 3.63) is 59.9 Å². The van der Waals surface area contributed by atoms with Crippen LogP contribution in [0.3, 0.4) is 0 Å². The fourth-order valence-electron chi connectivity index (χ4n) is 3.59. The molecule has 8 heteroatoms. The van der Waals surface area contributed by atoms with Crippen molar-refractivity contribution in [2.75, 3.05) is 18.4 Å². The standard InChI is InChI=1S/C19H23N7O/c1-14-8-15(2)26(23-14)18-6-7-24(11-18)19(27)22-17-5-3-4-16(9-17)10-25-13-20-12-21-25/h3-5,8-9,12-13,18H,6-7,10-11H2,1-2H3,(H,22,27)/t18-/m0/s1. The molecule has 1 aliphatic rings. The van der Waals surface area contributed by atoms with Gasteiger partial charge in [-0.25, -0.2) is 14.5 Å². The largest absolute Gasteiger partial charge is 0.322 e. The number of carbonyl (C=O) groups excluding carboxylic acids is 1. The number of nitrogens with zero attached hydrogens (tertiary/aromatic N) is 6. The molecule has 1 aromatic carbocycles. The first-order chi connectivity index (χ1) is 13.1. The molecule has 140 valence electrons. The van der Waals surface area contributed by atoms with Crippen molar-refractivity contribution in [2.45, 2.75) is 32.9 Å². The van der Waals surface area contributed by atoms with Gasteiger partial charge in [0.1, 0.15) is 12.7 Å². The van der Waals surface area contributed by atoms with Crippen LogP contribution in [0.15, 0.2) is 43.0 Å². The van der Waals surface area contributed by atoms with E-state index < -0.39 is 0 Å². The lowest BCUT2D eigenvalue weighted by Gasteiger charge is -2.18. The molecule has 1 atom stereocenters. The highest BCUT2D eigenvalue weighted by molar-refractivity contribution is 5.89. The number of hydrogen-bond donors (Lipinski definition) is 1. The van der Waals surface area contributed by atoms with Crippen molar-refractivity contribution in [3.63, 3.8) is 0 Å². The maximum Gasteiger partial charge on any atom is 0.321 e. The summed E-state index contributed by atoms with van der Waals surface area (Å²) in [5, 5.41) is 11.7. The van der Waals surface area contributed by atoms with E-state index in [2.05, 4.69) is 33.5 Å². The summed E-state index contributed by atoms with van der Waals surface area (Å²) in [6, 6.07) is 10.0. The number of rotatable bonds is 4. The second-order valence-corrected chi connectivity index (χ2v) is 6.98. The zero-order valence-corrected chi connectivity index (χ0v) is 15.5. The molecule has 3 heterocycles. The Hall–Kier alpha value is -3.16. The average Bonchev–Trinajstić information content (AvgIpc) is 3.36. The molecule has 3 aromatic rings. The van der Waals surface area contributed by atoms with Crippen molar-refractivity contribution in [1.29, 1.82) is 0 Å². The molecular formula is C19H23N7O. The Bertz CT molecular complexity index is 931. The molecule has 1 saturated heterocycles. The molecule has 2 aromatic heterocycles. The normalized spacial score (nSPS) is 16.7. The van der Waals surface area contributed by atoms with Crippen LogP contribution >= 0.6 is 0 Å². The van der Waals surface area contributed by atoms with Gasteiger partial charge in [-0.05, 0) is 44.0 Å². The monoisotopic (exact) mass is 365 g/mol. The SMILES string of the molecule is Cc1cc(C)n([C@H]2CCN(C(=O)Nc3cccc(Cn4cncn4)c3)C2)n1. The van der Waals surface area contributed by atoms with Crippen molar-refractivity contribution in [2.24, 2.45) is 0 Å². The Morgan fingerprint density at radius 2 is 2.19 bits per heavy atom. The van der Waals surface area contributed by atoms with Gasteiger partial charge in [0.15, 0.2) is 0 Å². The summed E-state index contributed by atoms with van der Waals surface area (Å²) in [5.41, 5.74) is 3.99. The van der Waals surface area contributed by atoms with Crippen molar-refractivity contribution >= 4 is 11.7 Å². The summed E-state index contributed by atoms with van der Waals surface area (Å²) in [6.07, 6.45) is 4.11. The molecular weight excluding hydrogens is 342 g/mol. The van der Waals surface area contributed by atoms with Crippen LogP contribution in [0.4, 0.5) is 10.5 Å². The van der Waals surface area contributed by atoms with E-state index in [0.717, 1.165) is 35.6 Å². The molecule has 0 bridgehead atoms. The zero-order chi connectivity index (χ0) is 18.8. The van der Waals surface area contributed by atoms with Crippen LogP contribution in [0, 0.1) is 13.8 Å². The molecule has 1 fully saturated rings. The highest BCUT2D eigenvalue weighted by Gasteiger charge is 2.28. The Morgan fingerprint density at radius 1 is 1.30 bits per heavy atom. The summed E-state index contributed by atoms with van der Waals surface area (Å²) in [5.74, 6) is 0. The van der Waals surface area contributed by atoms with Crippen LogP contribution < -0.4 is 5.32 Å². The predicted octanol–water partition coefficient (Wildman–Crippen LogP) is 2.62. The number of benzene rings is 1. The lowest BCUT2D eigenvalue weighted by Crippen LogP contribution is -2.33. The number of urea groups is 1. The Balaban J connectivity index is 1.39. The predicted molar refractivity (Wildman–Crippen MR) is 102 cm³/mol. The van der Waals surface area contributed by atoms with Gasteiger partial charge < -0.3 is 10.2 Å². The maximum atomic E-state index is 12.7. The molecule has 4 rings (SSSR count). The van der Waals surface area contributed by atoms with Gasteiger partial charge in [-0.2, -0.15) is 10.2 Å². The minimum Gasteiger partial charge on any atom is -0.322 e. The van der Waals surface area contributed by atoms with Gasteiger partial charge in [0, 0.05) is 24.5 Å². The number of likely N-dealkylation sites (tertiary alicyclic amines) is 1. The molecule has 0 unspecified atom stereocenters. The minimum absolute atomic E-state index is 0.0723. The molecule has 8 nitrogen and oxygen atoms in total. The Labute approximate surface area is 157 Å².